The topological polar surface area (TPSA) is 42.9 Å². The van der Waals surface area contributed by atoms with Gasteiger partial charge in [-0.2, -0.15) is 0 Å². The van der Waals surface area contributed by atoms with E-state index in [2.05, 4.69) is 16.4 Å². The van der Waals surface area contributed by atoms with Crippen LogP contribution in [0.2, 0.25) is 0 Å². The number of fused-ring (bicyclic) bond motifs is 1. The van der Waals surface area contributed by atoms with Crippen LogP contribution >= 0.6 is 0 Å². The Kier molecular flexibility index (Phi) is 3.64. The Morgan fingerprint density at radius 1 is 1.53 bits per heavy atom. The second-order valence-electron chi connectivity index (χ2n) is 3.89. The average molecular weight is 234 g/mol. The number of benzene rings is 1. The summed E-state index contributed by atoms with van der Waals surface area (Å²) in [7, 11) is 5.33. The van der Waals surface area contributed by atoms with E-state index in [1.807, 2.05) is 19.2 Å². The second-order valence-corrected chi connectivity index (χ2v) is 3.89. The van der Waals surface area contributed by atoms with Crippen molar-refractivity contribution in [3.63, 3.8) is 0 Å². The summed E-state index contributed by atoms with van der Waals surface area (Å²) in [5, 5.41) is 3.08. The number of rotatable bonds is 2. The Labute approximate surface area is 102 Å². The summed E-state index contributed by atoms with van der Waals surface area (Å²) in [5.41, 5.74) is 2.37. The maximum absolute atomic E-state index is 5.80. The van der Waals surface area contributed by atoms with Crippen LogP contribution in [-0.4, -0.2) is 33.6 Å². The summed E-state index contributed by atoms with van der Waals surface area (Å²) in [5.74, 6) is 1.78. The van der Waals surface area contributed by atoms with Crippen LogP contribution in [0.25, 0.3) is 0 Å². The number of likely N-dealkylation sites (N-methyl/N-ethyl adjacent to an activating group) is 1. The van der Waals surface area contributed by atoms with Crippen LogP contribution in [0.15, 0.2) is 23.2 Å². The van der Waals surface area contributed by atoms with Gasteiger partial charge in [-0.3, -0.25) is 4.99 Å². The Bertz CT molecular complexity index is 429. The molecular weight excluding hydrogens is 216 g/mol. The lowest BCUT2D eigenvalue weighted by Crippen LogP contribution is -2.31. The highest BCUT2D eigenvalue weighted by molar-refractivity contribution is 5.88. The van der Waals surface area contributed by atoms with Crippen LogP contribution in [-0.2, 0) is 11.2 Å². The lowest BCUT2D eigenvalue weighted by Gasteiger charge is -2.28. The smallest absolute Gasteiger partial charge is 0.140 e. The number of methoxy groups -OCH3 is 1. The number of nitrogens with one attached hydrogen (secondary N) is 1. The molecule has 0 spiro atoms. The largest absolute Gasteiger partial charge is 0.496 e. The first-order valence-electron chi connectivity index (χ1n) is 5.73. The number of ether oxygens (including phenoxy) is 2. The van der Waals surface area contributed by atoms with E-state index in [0.29, 0.717) is 6.61 Å². The first-order valence-corrected chi connectivity index (χ1v) is 5.73. The van der Waals surface area contributed by atoms with Gasteiger partial charge in [-0.15, -0.1) is 0 Å². The summed E-state index contributed by atoms with van der Waals surface area (Å²) in [4.78, 5) is 4.22. The van der Waals surface area contributed by atoms with Crippen molar-refractivity contribution in [1.82, 2.24) is 5.32 Å². The molecule has 4 heteroatoms. The molecule has 0 amide bonds. The quantitative estimate of drug-likeness (QED) is 0.623. The van der Waals surface area contributed by atoms with Crippen molar-refractivity contribution in [3.8, 4) is 5.75 Å². The standard InChI is InChI=1S/C13H18N2O2/c1-14-13(15-2)12-10-5-4-6-11(16-3)9(10)7-8-17-12/h4-6,12H,7-8H2,1-3H3,(H,14,15). The Morgan fingerprint density at radius 3 is 3.00 bits per heavy atom. The van der Waals surface area contributed by atoms with Gasteiger partial charge in [-0.05, 0) is 18.1 Å². The molecule has 0 aromatic heterocycles. The molecule has 0 fully saturated rings. The molecule has 1 N–H and O–H groups in total. The summed E-state index contributed by atoms with van der Waals surface area (Å²) in [6.45, 7) is 0.693. The number of aliphatic imine (C=N–C) groups is 1. The van der Waals surface area contributed by atoms with Crippen molar-refractivity contribution in [1.29, 1.82) is 0 Å². The highest BCUT2D eigenvalue weighted by Crippen LogP contribution is 2.33. The molecule has 2 rings (SSSR count). The van der Waals surface area contributed by atoms with Crippen LogP contribution < -0.4 is 10.1 Å². The predicted octanol–water partition coefficient (Wildman–Crippen LogP) is 1.56. The van der Waals surface area contributed by atoms with Gasteiger partial charge in [0.15, 0.2) is 0 Å². The minimum absolute atomic E-state index is 0.108. The first kappa shape index (κ1) is 11.9. The fourth-order valence-electron chi connectivity index (χ4n) is 2.24. The maximum atomic E-state index is 5.80. The molecule has 1 aromatic carbocycles. The molecule has 1 aromatic rings. The van der Waals surface area contributed by atoms with Crippen LogP contribution in [0.1, 0.15) is 17.2 Å². The Balaban J connectivity index is 2.44. The third-order valence-corrected chi connectivity index (χ3v) is 3.05. The monoisotopic (exact) mass is 234 g/mol. The normalized spacial score (nSPS) is 19.7. The van der Waals surface area contributed by atoms with Crippen molar-refractivity contribution in [3.05, 3.63) is 29.3 Å². The third-order valence-electron chi connectivity index (χ3n) is 3.05. The van der Waals surface area contributed by atoms with E-state index < -0.39 is 0 Å². The lowest BCUT2D eigenvalue weighted by molar-refractivity contribution is 0.0847. The van der Waals surface area contributed by atoms with Gasteiger partial charge in [-0.25, -0.2) is 0 Å². The molecular formula is C13H18N2O2. The van der Waals surface area contributed by atoms with E-state index >= 15 is 0 Å². The Hall–Kier alpha value is -1.55. The molecule has 0 radical (unpaired) electrons. The molecule has 0 aliphatic carbocycles. The third kappa shape index (κ3) is 2.13. The van der Waals surface area contributed by atoms with Gasteiger partial charge >= 0.3 is 0 Å². The van der Waals surface area contributed by atoms with E-state index in [0.717, 1.165) is 23.6 Å². The van der Waals surface area contributed by atoms with Gasteiger partial charge in [-0.1, -0.05) is 12.1 Å². The van der Waals surface area contributed by atoms with E-state index in [4.69, 9.17) is 9.47 Å². The zero-order valence-electron chi connectivity index (χ0n) is 10.5. The fraction of sp³-hybridized carbons (Fsp3) is 0.462. The summed E-state index contributed by atoms with van der Waals surface area (Å²) in [6, 6.07) is 6.05. The van der Waals surface area contributed by atoms with Crippen LogP contribution in [0, 0.1) is 0 Å². The molecule has 4 nitrogen and oxygen atoms in total. The van der Waals surface area contributed by atoms with Crippen molar-refractivity contribution < 1.29 is 9.47 Å². The van der Waals surface area contributed by atoms with Gasteiger partial charge in [0.25, 0.3) is 0 Å². The SMILES string of the molecule is CN=C(NC)C1OCCc2c(OC)cccc21. The molecule has 0 saturated carbocycles. The molecule has 92 valence electrons. The van der Waals surface area contributed by atoms with Gasteiger partial charge in [0.05, 0.1) is 13.7 Å². The van der Waals surface area contributed by atoms with E-state index in [1.54, 1.807) is 14.2 Å². The lowest BCUT2D eigenvalue weighted by atomic mass is 9.96. The van der Waals surface area contributed by atoms with Crippen LogP contribution in [0.4, 0.5) is 0 Å². The minimum atomic E-state index is -0.108. The molecule has 0 bridgehead atoms. The van der Waals surface area contributed by atoms with Crippen molar-refractivity contribution in [2.24, 2.45) is 4.99 Å². The average Bonchev–Trinajstić information content (AvgIpc) is 2.39. The highest BCUT2D eigenvalue weighted by Gasteiger charge is 2.26. The number of hydrogen-bond donors (Lipinski definition) is 1. The molecule has 0 saturated heterocycles. The summed E-state index contributed by atoms with van der Waals surface area (Å²) in [6.07, 6.45) is 0.778. The van der Waals surface area contributed by atoms with Crippen molar-refractivity contribution in [2.75, 3.05) is 27.8 Å². The van der Waals surface area contributed by atoms with Crippen LogP contribution in [0.3, 0.4) is 0 Å². The fourth-order valence-corrected chi connectivity index (χ4v) is 2.24. The Morgan fingerprint density at radius 2 is 2.35 bits per heavy atom. The zero-order valence-corrected chi connectivity index (χ0v) is 10.5. The summed E-state index contributed by atoms with van der Waals surface area (Å²) < 4.78 is 11.2. The minimum Gasteiger partial charge on any atom is -0.496 e. The molecule has 17 heavy (non-hydrogen) atoms. The van der Waals surface area contributed by atoms with Crippen molar-refractivity contribution >= 4 is 5.84 Å². The van der Waals surface area contributed by atoms with Gasteiger partial charge in [0, 0.05) is 19.7 Å². The molecule has 1 unspecified atom stereocenters. The molecule has 1 aliphatic heterocycles. The zero-order chi connectivity index (χ0) is 12.3. The molecule has 1 aliphatic rings. The first-order chi connectivity index (χ1) is 8.31. The summed E-state index contributed by atoms with van der Waals surface area (Å²) >= 11 is 0. The van der Waals surface area contributed by atoms with E-state index in [9.17, 15) is 0 Å². The number of hydrogen-bond acceptors (Lipinski definition) is 3. The number of nitrogens with zero attached hydrogens (tertiary/aromatic N) is 1. The van der Waals surface area contributed by atoms with Gasteiger partial charge < -0.3 is 14.8 Å². The molecule has 1 heterocycles. The van der Waals surface area contributed by atoms with E-state index in [1.165, 1.54) is 5.56 Å². The van der Waals surface area contributed by atoms with Gasteiger partial charge in [0.1, 0.15) is 17.7 Å². The van der Waals surface area contributed by atoms with Crippen molar-refractivity contribution in [2.45, 2.75) is 12.5 Å². The maximum Gasteiger partial charge on any atom is 0.140 e. The highest BCUT2D eigenvalue weighted by atomic mass is 16.5. The predicted molar refractivity (Wildman–Crippen MR) is 67.8 cm³/mol. The van der Waals surface area contributed by atoms with E-state index in [-0.39, 0.29) is 6.10 Å². The van der Waals surface area contributed by atoms with Gasteiger partial charge in [0.2, 0.25) is 0 Å². The molecule has 1 atom stereocenters. The number of amidine groups is 1. The van der Waals surface area contributed by atoms with Crippen LogP contribution in [0.5, 0.6) is 5.75 Å². The second kappa shape index (κ2) is 5.19.